The van der Waals surface area contributed by atoms with Crippen molar-refractivity contribution in [2.75, 3.05) is 13.2 Å². The second kappa shape index (κ2) is 7.71. The number of rotatable bonds is 7. The molecule has 1 unspecified atom stereocenters. The van der Waals surface area contributed by atoms with Crippen molar-refractivity contribution in [2.24, 2.45) is 0 Å². The number of hydrogen-bond donors (Lipinski definition) is 1. The molecule has 0 aromatic heterocycles. The van der Waals surface area contributed by atoms with Crippen LogP contribution >= 0.6 is 0 Å². The average Bonchev–Trinajstić information content (AvgIpc) is 2.35. The minimum atomic E-state index is -0.247. The van der Waals surface area contributed by atoms with E-state index in [1.165, 1.54) is 0 Å². The van der Waals surface area contributed by atoms with Crippen molar-refractivity contribution in [1.82, 2.24) is 0 Å². The van der Waals surface area contributed by atoms with Crippen molar-refractivity contribution >= 4 is 5.97 Å². The standard InChI is InChI=1S/C14H20O4/c1-3-13(11-6-5-7-12(15)10-11)18-9-8-14(16)17-4-2/h5-7,10,13,15H,3-4,8-9H2,1-2H3. The molecule has 4 heteroatoms. The second-order valence-electron chi connectivity index (χ2n) is 3.92. The predicted octanol–water partition coefficient (Wildman–Crippen LogP) is 2.81. The fourth-order valence-electron chi connectivity index (χ4n) is 1.69. The molecule has 0 amide bonds. The first-order chi connectivity index (χ1) is 8.67. The largest absolute Gasteiger partial charge is 0.508 e. The van der Waals surface area contributed by atoms with Crippen molar-refractivity contribution in [3.63, 3.8) is 0 Å². The maximum Gasteiger partial charge on any atom is 0.308 e. The molecule has 1 atom stereocenters. The maximum absolute atomic E-state index is 11.2. The number of phenolic OH excluding ortho intramolecular Hbond substituents is 1. The smallest absolute Gasteiger partial charge is 0.308 e. The Balaban J connectivity index is 2.45. The third-order valence-corrected chi connectivity index (χ3v) is 2.54. The third kappa shape index (κ3) is 4.75. The Hall–Kier alpha value is -1.55. The molecule has 0 heterocycles. The Kier molecular flexibility index (Phi) is 6.22. The molecule has 1 N–H and O–H groups in total. The van der Waals surface area contributed by atoms with Gasteiger partial charge in [0.25, 0.3) is 0 Å². The topological polar surface area (TPSA) is 55.8 Å². The van der Waals surface area contributed by atoms with E-state index in [1.807, 2.05) is 13.0 Å². The molecule has 4 nitrogen and oxygen atoms in total. The van der Waals surface area contributed by atoms with Gasteiger partial charge < -0.3 is 14.6 Å². The van der Waals surface area contributed by atoms with Crippen molar-refractivity contribution in [2.45, 2.75) is 32.8 Å². The van der Waals surface area contributed by atoms with Crippen LogP contribution in [0.5, 0.6) is 5.75 Å². The molecule has 100 valence electrons. The summed E-state index contributed by atoms with van der Waals surface area (Å²) in [4.78, 5) is 11.2. The van der Waals surface area contributed by atoms with E-state index in [4.69, 9.17) is 9.47 Å². The van der Waals surface area contributed by atoms with Crippen LogP contribution in [0.3, 0.4) is 0 Å². The number of esters is 1. The van der Waals surface area contributed by atoms with Crippen molar-refractivity contribution in [1.29, 1.82) is 0 Å². The monoisotopic (exact) mass is 252 g/mol. The highest BCUT2D eigenvalue weighted by molar-refractivity contribution is 5.69. The van der Waals surface area contributed by atoms with Gasteiger partial charge in [-0.25, -0.2) is 0 Å². The van der Waals surface area contributed by atoms with Crippen LogP contribution in [0.15, 0.2) is 24.3 Å². The Morgan fingerprint density at radius 2 is 2.17 bits per heavy atom. The normalized spacial score (nSPS) is 12.1. The minimum Gasteiger partial charge on any atom is -0.508 e. The quantitative estimate of drug-likeness (QED) is 0.758. The van der Waals surface area contributed by atoms with E-state index in [-0.39, 0.29) is 24.2 Å². The lowest BCUT2D eigenvalue weighted by Crippen LogP contribution is -2.11. The molecule has 1 aromatic carbocycles. The number of aromatic hydroxyl groups is 1. The molecule has 1 aromatic rings. The third-order valence-electron chi connectivity index (χ3n) is 2.54. The summed E-state index contributed by atoms with van der Waals surface area (Å²) in [6, 6.07) is 6.98. The molecule has 0 saturated carbocycles. The molecular formula is C14H20O4. The highest BCUT2D eigenvalue weighted by Gasteiger charge is 2.11. The van der Waals surface area contributed by atoms with Crippen LogP contribution in [0.2, 0.25) is 0 Å². The van der Waals surface area contributed by atoms with Crippen LogP contribution in [0, 0.1) is 0 Å². The van der Waals surface area contributed by atoms with Crippen molar-refractivity contribution in [3.8, 4) is 5.75 Å². The maximum atomic E-state index is 11.2. The van der Waals surface area contributed by atoms with Gasteiger partial charge in [0.1, 0.15) is 5.75 Å². The van der Waals surface area contributed by atoms with Crippen LogP contribution in [0.1, 0.15) is 38.4 Å². The molecule has 0 radical (unpaired) electrons. The van der Waals surface area contributed by atoms with Gasteiger partial charge in [-0.3, -0.25) is 4.79 Å². The second-order valence-corrected chi connectivity index (χ2v) is 3.92. The lowest BCUT2D eigenvalue weighted by atomic mass is 10.1. The van der Waals surface area contributed by atoms with Crippen LogP contribution in [0.4, 0.5) is 0 Å². The predicted molar refractivity (Wildman–Crippen MR) is 68.3 cm³/mol. The first kappa shape index (κ1) is 14.5. The molecular weight excluding hydrogens is 232 g/mol. The van der Waals surface area contributed by atoms with Crippen molar-refractivity contribution < 1.29 is 19.4 Å². The summed E-state index contributed by atoms with van der Waals surface area (Å²) < 4.78 is 10.5. The Morgan fingerprint density at radius 3 is 2.78 bits per heavy atom. The van der Waals surface area contributed by atoms with Gasteiger partial charge in [-0.1, -0.05) is 19.1 Å². The summed E-state index contributed by atoms with van der Waals surface area (Å²) in [5.41, 5.74) is 0.918. The Bertz CT molecular complexity index is 376. The zero-order valence-electron chi connectivity index (χ0n) is 10.9. The number of phenols is 1. The highest BCUT2D eigenvalue weighted by atomic mass is 16.5. The Labute approximate surface area is 108 Å². The van der Waals surface area contributed by atoms with Gasteiger partial charge >= 0.3 is 5.97 Å². The first-order valence-electron chi connectivity index (χ1n) is 6.23. The molecule has 1 rings (SSSR count). The molecule has 0 bridgehead atoms. The van der Waals surface area contributed by atoms with Gasteiger partial charge in [0.05, 0.1) is 25.7 Å². The summed E-state index contributed by atoms with van der Waals surface area (Å²) in [6.07, 6.45) is 0.932. The number of ether oxygens (including phenoxy) is 2. The van der Waals surface area contributed by atoms with Gasteiger partial charge in [0.2, 0.25) is 0 Å². The van der Waals surface area contributed by atoms with E-state index < -0.39 is 0 Å². The summed E-state index contributed by atoms with van der Waals surface area (Å²) in [5.74, 6) is -0.0248. The fraction of sp³-hybridized carbons (Fsp3) is 0.500. The van der Waals surface area contributed by atoms with E-state index in [2.05, 4.69) is 0 Å². The van der Waals surface area contributed by atoms with Gasteiger partial charge in [-0.05, 0) is 31.0 Å². The SMILES string of the molecule is CCOC(=O)CCOC(CC)c1cccc(O)c1. The fourth-order valence-corrected chi connectivity index (χ4v) is 1.69. The number of hydrogen-bond acceptors (Lipinski definition) is 4. The van der Waals surface area contributed by atoms with Crippen LogP contribution in [-0.4, -0.2) is 24.3 Å². The van der Waals surface area contributed by atoms with Crippen LogP contribution < -0.4 is 0 Å². The van der Waals surface area contributed by atoms with Crippen LogP contribution in [-0.2, 0) is 14.3 Å². The van der Waals surface area contributed by atoms with E-state index in [0.29, 0.717) is 13.2 Å². The van der Waals surface area contributed by atoms with Crippen LogP contribution in [0.25, 0.3) is 0 Å². The summed E-state index contributed by atoms with van der Waals surface area (Å²) in [6.45, 7) is 4.50. The summed E-state index contributed by atoms with van der Waals surface area (Å²) in [5, 5.41) is 9.41. The zero-order valence-corrected chi connectivity index (χ0v) is 10.9. The Morgan fingerprint density at radius 1 is 1.39 bits per heavy atom. The van der Waals surface area contributed by atoms with E-state index >= 15 is 0 Å². The molecule has 0 spiro atoms. The highest BCUT2D eigenvalue weighted by Crippen LogP contribution is 2.24. The molecule has 0 aliphatic rings. The average molecular weight is 252 g/mol. The van der Waals surface area contributed by atoms with E-state index in [1.54, 1.807) is 25.1 Å². The van der Waals surface area contributed by atoms with Gasteiger partial charge in [0.15, 0.2) is 0 Å². The molecule has 0 aliphatic heterocycles. The minimum absolute atomic E-state index is 0.105. The lowest BCUT2D eigenvalue weighted by Gasteiger charge is -2.16. The summed E-state index contributed by atoms with van der Waals surface area (Å²) >= 11 is 0. The zero-order chi connectivity index (χ0) is 13.4. The van der Waals surface area contributed by atoms with Gasteiger partial charge in [0, 0.05) is 0 Å². The van der Waals surface area contributed by atoms with Gasteiger partial charge in [-0.2, -0.15) is 0 Å². The number of carbonyl (C=O) groups is 1. The number of benzene rings is 1. The molecule has 0 saturated heterocycles. The molecule has 0 aliphatic carbocycles. The summed E-state index contributed by atoms with van der Waals surface area (Å²) in [7, 11) is 0. The first-order valence-corrected chi connectivity index (χ1v) is 6.23. The molecule has 0 fully saturated rings. The van der Waals surface area contributed by atoms with E-state index in [0.717, 1.165) is 12.0 Å². The lowest BCUT2D eigenvalue weighted by molar-refractivity contribution is -0.144. The number of carbonyl (C=O) groups excluding carboxylic acids is 1. The van der Waals surface area contributed by atoms with E-state index in [9.17, 15) is 9.90 Å². The van der Waals surface area contributed by atoms with Crippen molar-refractivity contribution in [3.05, 3.63) is 29.8 Å². The molecule has 18 heavy (non-hydrogen) atoms. The van der Waals surface area contributed by atoms with Gasteiger partial charge in [-0.15, -0.1) is 0 Å².